The summed E-state index contributed by atoms with van der Waals surface area (Å²) >= 11 is 0. The molecular weight excluding hydrogens is 214 g/mol. The van der Waals surface area contributed by atoms with Gasteiger partial charge < -0.3 is 14.8 Å². The van der Waals surface area contributed by atoms with Gasteiger partial charge in [-0.2, -0.15) is 0 Å². The van der Waals surface area contributed by atoms with Crippen molar-refractivity contribution in [3.05, 3.63) is 29.8 Å². The van der Waals surface area contributed by atoms with Crippen molar-refractivity contribution >= 4 is 0 Å². The molecule has 0 amide bonds. The number of nitrogens with one attached hydrogen (secondary N) is 1. The molecule has 17 heavy (non-hydrogen) atoms. The largest absolute Gasteiger partial charge is 0.497 e. The lowest BCUT2D eigenvalue weighted by Crippen LogP contribution is -2.26. The first-order chi connectivity index (χ1) is 8.17. The van der Waals surface area contributed by atoms with Gasteiger partial charge >= 0.3 is 0 Å². The molecule has 0 aliphatic heterocycles. The van der Waals surface area contributed by atoms with E-state index in [1.54, 1.807) is 14.2 Å². The Kier molecular flexibility index (Phi) is 6.01. The summed E-state index contributed by atoms with van der Waals surface area (Å²) in [4.78, 5) is 0. The molecule has 0 bridgehead atoms. The fraction of sp³-hybridized carbons (Fsp3) is 0.571. The predicted octanol–water partition coefficient (Wildman–Crippen LogP) is 2.63. The Morgan fingerprint density at radius 1 is 1.24 bits per heavy atom. The van der Waals surface area contributed by atoms with E-state index in [4.69, 9.17) is 9.47 Å². The molecule has 0 heterocycles. The highest BCUT2D eigenvalue weighted by molar-refractivity contribution is 5.30. The Balaban J connectivity index is 2.48. The van der Waals surface area contributed by atoms with Crippen molar-refractivity contribution in [2.45, 2.75) is 19.9 Å². The van der Waals surface area contributed by atoms with Crippen LogP contribution in [0.3, 0.4) is 0 Å². The van der Waals surface area contributed by atoms with Crippen molar-refractivity contribution in [2.24, 2.45) is 5.92 Å². The minimum absolute atomic E-state index is 0.324. The molecule has 3 heteroatoms. The van der Waals surface area contributed by atoms with Crippen molar-refractivity contribution in [3.8, 4) is 5.75 Å². The van der Waals surface area contributed by atoms with Crippen LogP contribution in [0.1, 0.15) is 25.5 Å². The molecule has 0 fully saturated rings. The van der Waals surface area contributed by atoms with Crippen LogP contribution < -0.4 is 10.1 Å². The number of rotatable bonds is 7. The standard InChI is InChI=1S/C14H23NO2/c1-11(10-16-3)9-15-12(2)13-6-5-7-14(8-13)17-4/h5-8,11-12,15H,9-10H2,1-4H3/t11?,12-/m1/s1. The highest BCUT2D eigenvalue weighted by atomic mass is 16.5. The van der Waals surface area contributed by atoms with Crippen LogP contribution in [0.5, 0.6) is 5.75 Å². The summed E-state index contributed by atoms with van der Waals surface area (Å²) in [5.41, 5.74) is 1.24. The quantitative estimate of drug-likeness (QED) is 0.790. The predicted molar refractivity (Wildman–Crippen MR) is 70.5 cm³/mol. The van der Waals surface area contributed by atoms with Gasteiger partial charge in [0.05, 0.1) is 7.11 Å². The van der Waals surface area contributed by atoms with Crippen molar-refractivity contribution < 1.29 is 9.47 Å². The Labute approximate surface area is 104 Å². The Hall–Kier alpha value is -1.06. The summed E-state index contributed by atoms with van der Waals surface area (Å²) in [7, 11) is 3.43. The van der Waals surface area contributed by atoms with Gasteiger partial charge in [0.25, 0.3) is 0 Å². The summed E-state index contributed by atoms with van der Waals surface area (Å²) in [6.45, 7) is 6.08. The lowest BCUT2D eigenvalue weighted by Gasteiger charge is -2.18. The number of hydrogen-bond donors (Lipinski definition) is 1. The fourth-order valence-corrected chi connectivity index (χ4v) is 1.75. The van der Waals surface area contributed by atoms with E-state index in [9.17, 15) is 0 Å². The minimum Gasteiger partial charge on any atom is -0.497 e. The molecule has 1 rings (SSSR count). The molecule has 1 aromatic rings. The van der Waals surface area contributed by atoms with Crippen LogP contribution in [-0.4, -0.2) is 27.4 Å². The summed E-state index contributed by atoms with van der Waals surface area (Å²) in [5, 5.41) is 3.50. The van der Waals surface area contributed by atoms with Crippen LogP contribution in [0.25, 0.3) is 0 Å². The molecule has 0 aliphatic carbocycles. The SMILES string of the molecule is COCC(C)CN[C@H](C)c1cccc(OC)c1. The normalized spacial score (nSPS) is 14.4. The van der Waals surface area contributed by atoms with Gasteiger partial charge in [-0.1, -0.05) is 19.1 Å². The third-order valence-corrected chi connectivity index (χ3v) is 2.82. The second-order valence-electron chi connectivity index (χ2n) is 4.47. The molecule has 0 aromatic heterocycles. The number of hydrogen-bond acceptors (Lipinski definition) is 3. The zero-order valence-electron chi connectivity index (χ0n) is 11.2. The molecule has 0 spiro atoms. The van der Waals surface area contributed by atoms with Crippen LogP contribution in [0.15, 0.2) is 24.3 Å². The van der Waals surface area contributed by atoms with Gasteiger partial charge in [-0.3, -0.25) is 0 Å². The molecule has 1 aromatic carbocycles. The fourth-order valence-electron chi connectivity index (χ4n) is 1.75. The van der Waals surface area contributed by atoms with Crippen molar-refractivity contribution in [2.75, 3.05) is 27.4 Å². The van der Waals surface area contributed by atoms with E-state index in [1.165, 1.54) is 5.56 Å². The Morgan fingerprint density at radius 3 is 2.65 bits per heavy atom. The molecule has 96 valence electrons. The number of methoxy groups -OCH3 is 2. The summed E-state index contributed by atoms with van der Waals surface area (Å²) in [6.07, 6.45) is 0. The zero-order valence-corrected chi connectivity index (χ0v) is 11.2. The van der Waals surface area contributed by atoms with E-state index in [2.05, 4.69) is 31.3 Å². The maximum atomic E-state index is 5.22. The molecular formula is C14H23NO2. The van der Waals surface area contributed by atoms with Gasteiger partial charge in [0.2, 0.25) is 0 Å². The third kappa shape index (κ3) is 4.75. The Morgan fingerprint density at radius 2 is 2.00 bits per heavy atom. The van der Waals surface area contributed by atoms with Gasteiger partial charge in [-0.25, -0.2) is 0 Å². The first-order valence-electron chi connectivity index (χ1n) is 6.03. The van der Waals surface area contributed by atoms with Gasteiger partial charge in [-0.15, -0.1) is 0 Å². The first kappa shape index (κ1) is 14.0. The van der Waals surface area contributed by atoms with Crippen LogP contribution in [-0.2, 0) is 4.74 Å². The average molecular weight is 237 g/mol. The average Bonchev–Trinajstić information content (AvgIpc) is 2.36. The maximum absolute atomic E-state index is 5.22. The van der Waals surface area contributed by atoms with Crippen LogP contribution >= 0.6 is 0 Å². The molecule has 1 N–H and O–H groups in total. The smallest absolute Gasteiger partial charge is 0.119 e. The maximum Gasteiger partial charge on any atom is 0.119 e. The number of ether oxygens (including phenoxy) is 2. The van der Waals surface area contributed by atoms with Gasteiger partial charge in [0, 0.05) is 26.3 Å². The van der Waals surface area contributed by atoms with Crippen molar-refractivity contribution in [1.82, 2.24) is 5.32 Å². The summed E-state index contributed by atoms with van der Waals surface area (Å²) in [5.74, 6) is 1.43. The van der Waals surface area contributed by atoms with E-state index in [0.717, 1.165) is 18.9 Å². The second kappa shape index (κ2) is 7.30. The minimum atomic E-state index is 0.324. The molecule has 3 nitrogen and oxygen atoms in total. The monoisotopic (exact) mass is 237 g/mol. The van der Waals surface area contributed by atoms with E-state index in [-0.39, 0.29) is 0 Å². The molecule has 0 saturated heterocycles. The van der Waals surface area contributed by atoms with Gasteiger partial charge in [0.15, 0.2) is 0 Å². The summed E-state index contributed by atoms with van der Waals surface area (Å²) in [6, 6.07) is 8.48. The van der Waals surface area contributed by atoms with Gasteiger partial charge in [0.1, 0.15) is 5.75 Å². The zero-order chi connectivity index (χ0) is 12.7. The molecule has 2 atom stereocenters. The highest BCUT2D eigenvalue weighted by Crippen LogP contribution is 2.18. The second-order valence-corrected chi connectivity index (χ2v) is 4.47. The highest BCUT2D eigenvalue weighted by Gasteiger charge is 2.08. The molecule has 1 unspecified atom stereocenters. The van der Waals surface area contributed by atoms with E-state index >= 15 is 0 Å². The lowest BCUT2D eigenvalue weighted by atomic mass is 10.1. The van der Waals surface area contributed by atoms with Gasteiger partial charge in [-0.05, 0) is 30.5 Å². The van der Waals surface area contributed by atoms with Crippen LogP contribution in [0, 0.1) is 5.92 Å². The molecule has 0 aliphatic rings. The topological polar surface area (TPSA) is 30.5 Å². The molecule has 0 radical (unpaired) electrons. The lowest BCUT2D eigenvalue weighted by molar-refractivity contribution is 0.157. The van der Waals surface area contributed by atoms with E-state index in [0.29, 0.717) is 12.0 Å². The first-order valence-corrected chi connectivity index (χ1v) is 6.03. The van der Waals surface area contributed by atoms with Crippen LogP contribution in [0.4, 0.5) is 0 Å². The van der Waals surface area contributed by atoms with Crippen LogP contribution in [0.2, 0.25) is 0 Å². The third-order valence-electron chi connectivity index (χ3n) is 2.82. The van der Waals surface area contributed by atoms with Crippen molar-refractivity contribution in [3.63, 3.8) is 0 Å². The van der Waals surface area contributed by atoms with E-state index in [1.807, 2.05) is 12.1 Å². The Bertz CT molecular complexity index is 328. The van der Waals surface area contributed by atoms with E-state index < -0.39 is 0 Å². The summed E-state index contributed by atoms with van der Waals surface area (Å²) < 4.78 is 10.3. The van der Waals surface area contributed by atoms with Crippen molar-refractivity contribution in [1.29, 1.82) is 0 Å². The molecule has 0 saturated carbocycles. The number of benzene rings is 1.